The van der Waals surface area contributed by atoms with Crippen LogP contribution >= 0.6 is 0 Å². The maximum atomic E-state index is 12.2. The maximum absolute atomic E-state index is 12.2. The summed E-state index contributed by atoms with van der Waals surface area (Å²) in [5.74, 6) is 1.29. The Morgan fingerprint density at radius 2 is 2.12 bits per heavy atom. The minimum absolute atomic E-state index is 0.151. The van der Waals surface area contributed by atoms with Crippen LogP contribution in [0.25, 0.3) is 6.08 Å². The van der Waals surface area contributed by atoms with Crippen molar-refractivity contribution in [1.82, 2.24) is 0 Å². The summed E-state index contributed by atoms with van der Waals surface area (Å²) in [6.07, 6.45) is 4.31. The molecule has 0 radical (unpaired) electrons. The van der Waals surface area contributed by atoms with Gasteiger partial charge in [-0.2, -0.15) is 0 Å². The molecule has 2 aromatic carbocycles. The van der Waals surface area contributed by atoms with Crippen LogP contribution in [0.15, 0.2) is 48.5 Å². The molecule has 0 saturated heterocycles. The summed E-state index contributed by atoms with van der Waals surface area (Å²) in [4.78, 5) is 12.2. The largest absolute Gasteiger partial charge is 0.492 e. The van der Waals surface area contributed by atoms with E-state index in [9.17, 15) is 4.79 Å². The van der Waals surface area contributed by atoms with E-state index in [1.54, 1.807) is 6.08 Å². The highest BCUT2D eigenvalue weighted by Gasteiger charge is 2.22. The minimum atomic E-state index is -0.203. The summed E-state index contributed by atoms with van der Waals surface area (Å²) in [5.41, 5.74) is 2.72. The first-order chi connectivity index (χ1) is 11.7. The highest BCUT2D eigenvalue weighted by molar-refractivity contribution is 6.03. The van der Waals surface area contributed by atoms with Crippen molar-refractivity contribution in [2.24, 2.45) is 0 Å². The van der Waals surface area contributed by atoms with Crippen molar-refractivity contribution in [3.05, 3.63) is 59.7 Å². The lowest BCUT2D eigenvalue weighted by molar-refractivity contribution is -0.111. The minimum Gasteiger partial charge on any atom is -0.492 e. The zero-order chi connectivity index (χ0) is 16.9. The predicted octanol–water partition coefficient (Wildman–Crippen LogP) is 4.06. The SMILES string of the molecule is CCOc1cc2c(cc1NC(=O)/C=C/c1ccccc1)OC(C)C2. The van der Waals surface area contributed by atoms with Crippen molar-refractivity contribution in [1.29, 1.82) is 0 Å². The first-order valence-corrected chi connectivity index (χ1v) is 8.16. The molecule has 0 bridgehead atoms. The Hall–Kier alpha value is -2.75. The molecule has 124 valence electrons. The monoisotopic (exact) mass is 323 g/mol. The van der Waals surface area contributed by atoms with Crippen molar-refractivity contribution in [3.63, 3.8) is 0 Å². The number of ether oxygens (including phenoxy) is 2. The fourth-order valence-electron chi connectivity index (χ4n) is 2.72. The van der Waals surface area contributed by atoms with E-state index in [0.717, 1.165) is 23.3 Å². The molecule has 0 spiro atoms. The fourth-order valence-corrected chi connectivity index (χ4v) is 2.72. The standard InChI is InChI=1S/C20H21NO3/c1-3-23-19-12-16-11-14(2)24-18(16)13-17(19)21-20(22)10-9-15-7-5-4-6-8-15/h4-10,12-14H,3,11H2,1-2H3,(H,21,22)/b10-9+. The molecule has 0 saturated carbocycles. The van der Waals surface area contributed by atoms with Gasteiger partial charge < -0.3 is 14.8 Å². The van der Waals surface area contributed by atoms with Crippen molar-refractivity contribution in [2.45, 2.75) is 26.4 Å². The predicted molar refractivity (Wildman–Crippen MR) is 95.5 cm³/mol. The Morgan fingerprint density at radius 1 is 1.33 bits per heavy atom. The smallest absolute Gasteiger partial charge is 0.248 e. The zero-order valence-corrected chi connectivity index (χ0v) is 13.9. The molecular weight excluding hydrogens is 302 g/mol. The van der Waals surface area contributed by atoms with E-state index in [0.29, 0.717) is 18.0 Å². The van der Waals surface area contributed by atoms with Crippen LogP contribution in [0.2, 0.25) is 0 Å². The first kappa shape index (κ1) is 16.1. The van der Waals surface area contributed by atoms with Gasteiger partial charge in [-0.3, -0.25) is 4.79 Å². The summed E-state index contributed by atoms with van der Waals surface area (Å²) in [6, 6.07) is 13.5. The zero-order valence-electron chi connectivity index (χ0n) is 13.9. The van der Waals surface area contributed by atoms with E-state index >= 15 is 0 Å². The quantitative estimate of drug-likeness (QED) is 0.844. The molecule has 2 aromatic rings. The van der Waals surface area contributed by atoms with Gasteiger partial charge in [0.15, 0.2) is 0 Å². The van der Waals surface area contributed by atoms with Crippen LogP contribution in [0.1, 0.15) is 25.0 Å². The highest BCUT2D eigenvalue weighted by atomic mass is 16.5. The lowest BCUT2D eigenvalue weighted by atomic mass is 10.1. The van der Waals surface area contributed by atoms with Gasteiger partial charge in [0.25, 0.3) is 0 Å². The summed E-state index contributed by atoms with van der Waals surface area (Å²) < 4.78 is 11.4. The molecule has 1 aliphatic rings. The summed E-state index contributed by atoms with van der Waals surface area (Å²) >= 11 is 0. The Labute approximate surface area is 142 Å². The van der Waals surface area contributed by atoms with E-state index in [-0.39, 0.29) is 12.0 Å². The van der Waals surface area contributed by atoms with E-state index in [1.807, 2.05) is 56.3 Å². The van der Waals surface area contributed by atoms with Crippen molar-refractivity contribution >= 4 is 17.7 Å². The van der Waals surface area contributed by atoms with E-state index in [2.05, 4.69) is 5.32 Å². The fraction of sp³-hybridized carbons (Fsp3) is 0.250. The number of hydrogen-bond acceptors (Lipinski definition) is 3. The molecule has 4 nitrogen and oxygen atoms in total. The summed E-state index contributed by atoms with van der Waals surface area (Å²) in [7, 11) is 0. The molecule has 0 fully saturated rings. The van der Waals surface area contributed by atoms with Crippen LogP contribution in [-0.2, 0) is 11.2 Å². The number of fused-ring (bicyclic) bond motifs is 1. The van der Waals surface area contributed by atoms with Crippen molar-refractivity contribution in [3.8, 4) is 11.5 Å². The number of benzene rings is 2. The van der Waals surface area contributed by atoms with Gasteiger partial charge >= 0.3 is 0 Å². The first-order valence-electron chi connectivity index (χ1n) is 8.16. The van der Waals surface area contributed by atoms with Gasteiger partial charge in [0.05, 0.1) is 12.3 Å². The number of anilines is 1. The van der Waals surface area contributed by atoms with E-state index < -0.39 is 0 Å². The molecule has 1 atom stereocenters. The second kappa shape index (κ2) is 7.21. The van der Waals surface area contributed by atoms with Crippen LogP contribution < -0.4 is 14.8 Å². The van der Waals surface area contributed by atoms with Gasteiger partial charge in [0.2, 0.25) is 5.91 Å². The highest BCUT2D eigenvalue weighted by Crippen LogP contribution is 2.38. The van der Waals surface area contributed by atoms with E-state index in [4.69, 9.17) is 9.47 Å². The Bertz CT molecular complexity index is 753. The third kappa shape index (κ3) is 3.77. The maximum Gasteiger partial charge on any atom is 0.248 e. The number of hydrogen-bond donors (Lipinski definition) is 1. The summed E-state index contributed by atoms with van der Waals surface area (Å²) in [6.45, 7) is 4.49. The Kier molecular flexibility index (Phi) is 4.85. The molecule has 0 aliphatic carbocycles. The van der Waals surface area contributed by atoms with Gasteiger partial charge in [0, 0.05) is 24.1 Å². The van der Waals surface area contributed by atoms with Gasteiger partial charge in [-0.05, 0) is 31.6 Å². The number of amides is 1. The van der Waals surface area contributed by atoms with Crippen LogP contribution in [0, 0.1) is 0 Å². The lowest BCUT2D eigenvalue weighted by Crippen LogP contribution is -2.10. The van der Waals surface area contributed by atoms with Crippen LogP contribution in [0.5, 0.6) is 11.5 Å². The average molecular weight is 323 g/mol. The average Bonchev–Trinajstić information content (AvgIpc) is 2.93. The Morgan fingerprint density at radius 3 is 2.88 bits per heavy atom. The second-order valence-corrected chi connectivity index (χ2v) is 5.75. The molecule has 4 heteroatoms. The molecule has 1 unspecified atom stereocenters. The van der Waals surface area contributed by atoms with Gasteiger partial charge in [-0.25, -0.2) is 0 Å². The van der Waals surface area contributed by atoms with Crippen molar-refractivity contribution in [2.75, 3.05) is 11.9 Å². The molecule has 3 rings (SSSR count). The topological polar surface area (TPSA) is 47.6 Å². The molecule has 1 heterocycles. The summed E-state index contributed by atoms with van der Waals surface area (Å²) in [5, 5.41) is 2.88. The molecule has 1 amide bonds. The Balaban J connectivity index is 1.77. The number of nitrogens with one attached hydrogen (secondary N) is 1. The normalized spacial score (nSPS) is 15.8. The second-order valence-electron chi connectivity index (χ2n) is 5.75. The van der Waals surface area contributed by atoms with Crippen LogP contribution in [0.3, 0.4) is 0 Å². The van der Waals surface area contributed by atoms with E-state index in [1.165, 1.54) is 6.08 Å². The van der Waals surface area contributed by atoms with Crippen molar-refractivity contribution < 1.29 is 14.3 Å². The van der Waals surface area contributed by atoms with Gasteiger partial charge in [-0.1, -0.05) is 30.3 Å². The third-order valence-corrected chi connectivity index (χ3v) is 3.78. The molecule has 24 heavy (non-hydrogen) atoms. The van der Waals surface area contributed by atoms with Crippen LogP contribution in [-0.4, -0.2) is 18.6 Å². The lowest BCUT2D eigenvalue weighted by Gasteiger charge is -2.12. The number of carbonyl (C=O) groups is 1. The number of carbonyl (C=O) groups excluding carboxylic acids is 1. The van der Waals surface area contributed by atoms with Crippen LogP contribution in [0.4, 0.5) is 5.69 Å². The molecular formula is C20H21NO3. The third-order valence-electron chi connectivity index (χ3n) is 3.78. The number of rotatable bonds is 5. The van der Waals surface area contributed by atoms with Gasteiger partial charge in [0.1, 0.15) is 17.6 Å². The molecule has 0 aromatic heterocycles. The molecule has 1 aliphatic heterocycles. The van der Waals surface area contributed by atoms with Gasteiger partial charge in [-0.15, -0.1) is 0 Å². The molecule has 1 N–H and O–H groups in total.